The molecule has 4 N–H and O–H groups in total. The minimum Gasteiger partial charge on any atom is -0.490 e. The van der Waals surface area contributed by atoms with Gasteiger partial charge in [0.05, 0.1) is 22.6 Å². The van der Waals surface area contributed by atoms with Crippen molar-refractivity contribution in [3.63, 3.8) is 0 Å². The lowest BCUT2D eigenvalue weighted by Gasteiger charge is -2.23. The number of nitrogens with two attached hydrogens (primary N) is 1. The van der Waals surface area contributed by atoms with Crippen LogP contribution in [0.3, 0.4) is 0 Å². The number of carbonyl (C=O) groups excluding carboxylic acids is 1. The van der Waals surface area contributed by atoms with Crippen molar-refractivity contribution in [1.29, 1.82) is 0 Å². The normalized spacial score (nSPS) is 17.4. The number of nitrogens with zero attached hydrogens (tertiary/aromatic N) is 2. The van der Waals surface area contributed by atoms with Gasteiger partial charge in [0.1, 0.15) is 12.4 Å². The Hall–Kier alpha value is -3.32. The van der Waals surface area contributed by atoms with Crippen LogP contribution in [0.1, 0.15) is 40.0 Å². The lowest BCUT2D eigenvalue weighted by Crippen LogP contribution is -2.39. The number of rotatable bonds is 5. The van der Waals surface area contributed by atoms with Gasteiger partial charge in [0, 0.05) is 41.5 Å². The minimum absolute atomic E-state index is 0.0652. The second kappa shape index (κ2) is 7.35. The van der Waals surface area contributed by atoms with E-state index in [9.17, 15) is 4.79 Å². The van der Waals surface area contributed by atoms with Crippen LogP contribution in [0.15, 0.2) is 30.5 Å². The number of amides is 1. The molecule has 2 aliphatic carbocycles. The molecule has 0 bridgehead atoms. The number of nitrogen functional groups attached to an aromatic ring is 1. The predicted molar refractivity (Wildman–Crippen MR) is 129 cm³/mol. The first-order chi connectivity index (χ1) is 15.9. The van der Waals surface area contributed by atoms with Gasteiger partial charge >= 0.3 is 0 Å². The number of pyridine rings is 1. The maximum Gasteiger partial charge on any atom is 0.253 e. The van der Waals surface area contributed by atoms with Gasteiger partial charge in [0.2, 0.25) is 0 Å². The van der Waals surface area contributed by atoms with Crippen molar-refractivity contribution in [2.75, 3.05) is 39.5 Å². The predicted octanol–water partition coefficient (Wildman–Crippen LogP) is 3.14. The van der Waals surface area contributed by atoms with Crippen LogP contribution < -0.4 is 15.8 Å². The molecule has 1 fully saturated rings. The van der Waals surface area contributed by atoms with Gasteiger partial charge in [0.15, 0.2) is 0 Å². The van der Waals surface area contributed by atoms with E-state index in [4.69, 9.17) is 15.5 Å². The fraction of sp³-hybridized carbons (Fsp3) is 0.385. The summed E-state index contributed by atoms with van der Waals surface area (Å²) in [5.74, 6) is 0.758. The Balaban J connectivity index is 1.35. The third kappa shape index (κ3) is 3.30. The van der Waals surface area contributed by atoms with Crippen molar-refractivity contribution in [1.82, 2.24) is 20.2 Å². The fourth-order valence-electron chi connectivity index (χ4n) is 5.18. The lowest BCUT2D eigenvalue weighted by atomic mass is 9.86. The number of nitrogens with one attached hydrogen (secondary N) is 2. The van der Waals surface area contributed by atoms with E-state index in [0.717, 1.165) is 78.1 Å². The molecule has 1 aliphatic heterocycles. The van der Waals surface area contributed by atoms with Gasteiger partial charge in [0.25, 0.3) is 5.91 Å². The van der Waals surface area contributed by atoms with Crippen molar-refractivity contribution in [2.45, 2.75) is 31.1 Å². The van der Waals surface area contributed by atoms with Crippen molar-refractivity contribution in [3.05, 3.63) is 52.8 Å². The van der Waals surface area contributed by atoms with Crippen LogP contribution in [0.5, 0.6) is 5.75 Å². The molecule has 1 spiro atoms. The van der Waals surface area contributed by atoms with Gasteiger partial charge in [-0.15, -0.1) is 0 Å². The molecule has 3 aliphatic rings. The molecular weight excluding hydrogens is 414 g/mol. The number of aryl methyl sites for hydroxylation is 1. The molecule has 1 amide bonds. The monoisotopic (exact) mass is 443 g/mol. The molecule has 0 unspecified atom stereocenters. The molecule has 3 aromatic rings. The third-order valence-corrected chi connectivity index (χ3v) is 7.30. The summed E-state index contributed by atoms with van der Waals surface area (Å²) in [4.78, 5) is 23.2. The van der Waals surface area contributed by atoms with E-state index < -0.39 is 0 Å². The van der Waals surface area contributed by atoms with Crippen LogP contribution in [0.2, 0.25) is 0 Å². The Morgan fingerprint density at radius 3 is 2.82 bits per heavy atom. The second-order valence-electron chi connectivity index (χ2n) is 9.82. The van der Waals surface area contributed by atoms with Crippen LogP contribution >= 0.6 is 0 Å². The molecule has 0 radical (unpaired) electrons. The van der Waals surface area contributed by atoms with Crippen LogP contribution in [0.25, 0.3) is 22.5 Å². The third-order valence-electron chi connectivity index (χ3n) is 7.30. The summed E-state index contributed by atoms with van der Waals surface area (Å²) in [5.41, 5.74) is 15.5. The molecule has 7 heteroatoms. The topological polar surface area (TPSA) is 96.3 Å². The zero-order valence-corrected chi connectivity index (χ0v) is 19.1. The zero-order chi connectivity index (χ0) is 22.7. The summed E-state index contributed by atoms with van der Waals surface area (Å²) in [6, 6.07) is 7.98. The first-order valence-corrected chi connectivity index (χ1v) is 11.7. The van der Waals surface area contributed by atoms with Gasteiger partial charge < -0.3 is 25.7 Å². The Labute approximate surface area is 193 Å². The molecule has 0 saturated heterocycles. The quantitative estimate of drug-likeness (QED) is 0.527. The Kier molecular flexibility index (Phi) is 4.52. The number of ether oxygens (including phenoxy) is 1. The first kappa shape index (κ1) is 20.3. The number of aromatic nitrogens is 2. The summed E-state index contributed by atoms with van der Waals surface area (Å²) in [6.45, 7) is 2.16. The second-order valence-corrected chi connectivity index (χ2v) is 9.82. The molecular formula is C26H29N5O2. The highest BCUT2D eigenvalue weighted by atomic mass is 16.5. The number of H-pyrrole nitrogens is 1. The number of likely N-dealkylation sites (N-methyl/N-ethyl adjacent to an activating group) is 1. The van der Waals surface area contributed by atoms with Gasteiger partial charge in [-0.2, -0.15) is 0 Å². The van der Waals surface area contributed by atoms with Gasteiger partial charge in [-0.05, 0) is 75.2 Å². The number of carbonyl (C=O) groups is 1. The SMILES string of the molecule is CN(C)CCOc1ccc(-c2cc3c(cn2)CCc2c-3[nH]c3c2C(=O)NCC32CC2)cc1N. The molecule has 2 aromatic heterocycles. The maximum absolute atomic E-state index is 12.7. The van der Waals surface area contributed by atoms with E-state index in [0.29, 0.717) is 18.0 Å². The largest absolute Gasteiger partial charge is 0.490 e. The zero-order valence-electron chi connectivity index (χ0n) is 19.1. The summed E-state index contributed by atoms with van der Waals surface area (Å²) in [6.07, 6.45) is 6.00. The smallest absolute Gasteiger partial charge is 0.253 e. The molecule has 0 atom stereocenters. The highest BCUT2D eigenvalue weighted by Gasteiger charge is 2.51. The number of fused-ring (bicyclic) bond motifs is 6. The number of aromatic amines is 1. The highest BCUT2D eigenvalue weighted by Crippen LogP contribution is 2.52. The summed E-state index contributed by atoms with van der Waals surface area (Å²) >= 11 is 0. The fourth-order valence-corrected chi connectivity index (χ4v) is 5.18. The lowest BCUT2D eigenvalue weighted by molar-refractivity contribution is 0.0936. The van der Waals surface area contributed by atoms with E-state index in [1.165, 1.54) is 5.56 Å². The molecule has 1 aromatic carbocycles. The van der Waals surface area contributed by atoms with E-state index in [1.54, 1.807) is 0 Å². The summed E-state index contributed by atoms with van der Waals surface area (Å²) < 4.78 is 5.83. The number of hydrogen-bond acceptors (Lipinski definition) is 5. The average Bonchev–Trinajstić information content (AvgIpc) is 3.46. The maximum atomic E-state index is 12.7. The Morgan fingerprint density at radius 1 is 1.21 bits per heavy atom. The summed E-state index contributed by atoms with van der Waals surface area (Å²) in [7, 11) is 4.03. The van der Waals surface area contributed by atoms with Crippen LogP contribution in [0.4, 0.5) is 5.69 Å². The first-order valence-electron chi connectivity index (χ1n) is 11.7. The van der Waals surface area contributed by atoms with Crippen LogP contribution in [-0.4, -0.2) is 54.6 Å². The van der Waals surface area contributed by atoms with E-state index in [1.807, 2.05) is 38.5 Å². The van der Waals surface area contributed by atoms with Crippen LogP contribution in [-0.2, 0) is 18.3 Å². The van der Waals surface area contributed by atoms with E-state index in [-0.39, 0.29) is 11.3 Å². The van der Waals surface area contributed by atoms with Crippen molar-refractivity contribution < 1.29 is 9.53 Å². The molecule has 6 rings (SSSR count). The standard InChI is InChI=1S/C26H29N5O2/c1-31(2)9-10-33-21-6-4-15(11-19(21)27)20-12-18-16(13-28-20)3-5-17-22-24(30-23(17)18)26(7-8-26)14-29-25(22)32/h4,6,11-13,30H,3,5,7-10,14,27H2,1-2H3,(H,29,32). The molecule has 170 valence electrons. The van der Waals surface area contributed by atoms with Gasteiger partial charge in [-0.1, -0.05) is 0 Å². The molecule has 7 nitrogen and oxygen atoms in total. The molecule has 33 heavy (non-hydrogen) atoms. The van der Waals surface area contributed by atoms with Gasteiger partial charge in [-0.25, -0.2) is 0 Å². The summed E-state index contributed by atoms with van der Waals surface area (Å²) in [5, 5.41) is 3.12. The van der Waals surface area contributed by atoms with Crippen molar-refractivity contribution in [3.8, 4) is 28.3 Å². The number of hydrogen-bond donors (Lipinski definition) is 3. The van der Waals surface area contributed by atoms with Gasteiger partial charge in [-0.3, -0.25) is 9.78 Å². The van der Waals surface area contributed by atoms with Crippen LogP contribution in [0, 0.1) is 0 Å². The van der Waals surface area contributed by atoms with Crippen molar-refractivity contribution in [2.24, 2.45) is 0 Å². The van der Waals surface area contributed by atoms with E-state index >= 15 is 0 Å². The Bertz CT molecular complexity index is 1270. The minimum atomic E-state index is 0.0652. The number of anilines is 1. The van der Waals surface area contributed by atoms with E-state index in [2.05, 4.69) is 21.3 Å². The average molecular weight is 444 g/mol. The molecule has 1 saturated carbocycles. The molecule has 3 heterocycles. The van der Waals surface area contributed by atoms with Crippen molar-refractivity contribution >= 4 is 11.6 Å². The number of benzene rings is 1. The highest BCUT2D eigenvalue weighted by molar-refractivity contribution is 6.01. The Morgan fingerprint density at radius 2 is 2.06 bits per heavy atom.